The Hall–Kier alpha value is -5.85. The molecule has 4 nitrogen and oxygen atoms in total. The molecule has 3 aromatic heterocycles. The average molecular weight is 1040 g/mol. The Bertz CT molecular complexity index is 3030. The van der Waals surface area contributed by atoms with Crippen molar-refractivity contribution in [2.24, 2.45) is 0 Å². The van der Waals surface area contributed by atoms with Crippen molar-refractivity contribution in [3.05, 3.63) is 199 Å². The van der Waals surface area contributed by atoms with Crippen LogP contribution in [0.5, 0.6) is 0 Å². The smallest absolute Gasteiger partial charge is 0.0160 e. The molecule has 0 fully saturated rings. The molecular weight excluding hydrogens is 995 g/mol. The first-order valence-corrected chi connectivity index (χ1v) is 27.5. The number of pyridine rings is 1. The number of hydrogen-bond acceptors (Lipinski definition) is 3. The van der Waals surface area contributed by atoms with Crippen LogP contribution in [0.15, 0.2) is 180 Å². The molecule has 10 rings (SSSR count). The summed E-state index contributed by atoms with van der Waals surface area (Å²) in [5, 5.41) is 2.18. The minimum absolute atomic E-state index is 0. The van der Waals surface area contributed by atoms with Crippen LogP contribution in [0.25, 0.3) is 72.4 Å². The van der Waals surface area contributed by atoms with Crippen molar-refractivity contribution in [1.82, 2.24) is 14.5 Å². The summed E-state index contributed by atoms with van der Waals surface area (Å²) in [5.41, 5.74) is 12.9. The molecule has 0 aliphatic carbocycles. The molecule has 0 bridgehead atoms. The third kappa shape index (κ3) is 8.25. The predicted molar refractivity (Wildman–Crippen MR) is 258 cm³/mol. The van der Waals surface area contributed by atoms with Gasteiger partial charge in [-0.1, -0.05) is 41.8 Å². The van der Waals surface area contributed by atoms with Crippen molar-refractivity contribution in [3.8, 4) is 39.5 Å². The Balaban J connectivity index is 0.000000350. The van der Waals surface area contributed by atoms with Gasteiger partial charge in [-0.3, -0.25) is 0 Å². The molecule has 10 aromatic rings. The van der Waals surface area contributed by atoms with Gasteiger partial charge in [0.15, 0.2) is 0 Å². The first-order chi connectivity index (χ1) is 29.7. The van der Waals surface area contributed by atoms with Crippen LogP contribution >= 0.6 is 0 Å². The summed E-state index contributed by atoms with van der Waals surface area (Å²) in [4.78, 5) is 9.51. The molecular formula is C56H49GeIrN3O-2. The van der Waals surface area contributed by atoms with Crippen molar-refractivity contribution in [3.63, 3.8) is 0 Å². The summed E-state index contributed by atoms with van der Waals surface area (Å²) >= 11 is -2.40. The van der Waals surface area contributed by atoms with Crippen LogP contribution < -0.4 is 8.79 Å². The van der Waals surface area contributed by atoms with Crippen molar-refractivity contribution < 1.29 is 24.5 Å². The average Bonchev–Trinajstić information content (AvgIpc) is 3.88. The topological polar surface area (TPSA) is 43.9 Å². The summed E-state index contributed by atoms with van der Waals surface area (Å²) in [5.74, 6) is 6.38. The quantitative estimate of drug-likeness (QED) is 0.113. The van der Waals surface area contributed by atoms with Crippen molar-refractivity contribution in [2.75, 3.05) is 0 Å². The van der Waals surface area contributed by atoms with Gasteiger partial charge in [0.1, 0.15) is 5.58 Å². The minimum Gasteiger partial charge on any atom is -0.305 e. The van der Waals surface area contributed by atoms with Gasteiger partial charge >= 0.3 is 230 Å². The molecule has 0 N–H and O–H groups in total. The number of furan rings is 1. The summed E-state index contributed by atoms with van der Waals surface area (Å²) in [6, 6.07) is 66.5. The van der Waals surface area contributed by atoms with E-state index in [1.165, 1.54) is 36.7 Å². The number of fused-ring (bicyclic) bond motifs is 4. The minimum atomic E-state index is -2.40. The van der Waals surface area contributed by atoms with Crippen LogP contribution in [0, 0.1) is 12.1 Å². The Morgan fingerprint density at radius 3 is 1.95 bits per heavy atom. The number of aromatic nitrogens is 3. The molecule has 0 aliphatic heterocycles. The van der Waals surface area contributed by atoms with Crippen molar-refractivity contribution >= 4 is 55.0 Å². The number of hydrogen-bond donors (Lipinski definition) is 0. The fourth-order valence-corrected chi connectivity index (χ4v) is 13.4. The van der Waals surface area contributed by atoms with Crippen LogP contribution in [-0.4, -0.2) is 27.8 Å². The van der Waals surface area contributed by atoms with E-state index in [1.807, 2.05) is 60.7 Å². The maximum atomic E-state index is 6.54. The first-order valence-electron chi connectivity index (χ1n) is 21.2. The van der Waals surface area contributed by atoms with E-state index in [-0.39, 0.29) is 31.9 Å². The molecule has 0 unspecified atom stereocenters. The molecule has 7 aromatic carbocycles. The van der Waals surface area contributed by atoms with Crippen LogP contribution in [-0.2, 0) is 20.1 Å². The summed E-state index contributed by atoms with van der Waals surface area (Å²) in [6.45, 7) is 9.21. The monoisotopic (exact) mass is 1050 g/mol. The van der Waals surface area contributed by atoms with Gasteiger partial charge in [-0.25, -0.2) is 0 Å². The molecule has 309 valence electrons. The van der Waals surface area contributed by atoms with Gasteiger partial charge in [-0.2, -0.15) is 0 Å². The zero-order chi connectivity index (χ0) is 42.1. The Morgan fingerprint density at radius 1 is 0.597 bits per heavy atom. The number of benzene rings is 7. The SMILES string of the molecule is CC(C)c1cc(-c2cc[c]([Ge]([CH3])([CH3])[c]3ccccc3)cc2)cc(C(C)C)c1-n1c(-c2[c-]ccc3c2oc2ccccc23)nc2ccccc21.[Ir].[c-]1ccccc1-c1ccccn1. The third-order valence-electron chi connectivity index (χ3n) is 11.8. The van der Waals surface area contributed by atoms with E-state index in [9.17, 15) is 0 Å². The van der Waals surface area contributed by atoms with E-state index in [0.717, 1.165) is 55.6 Å². The normalized spacial score (nSPS) is 11.5. The zero-order valence-electron chi connectivity index (χ0n) is 36.0. The number of imidazole rings is 1. The van der Waals surface area contributed by atoms with Gasteiger partial charge in [0, 0.05) is 31.7 Å². The van der Waals surface area contributed by atoms with Gasteiger partial charge < -0.3 is 9.40 Å². The molecule has 0 saturated carbocycles. The molecule has 3 heterocycles. The largest absolute Gasteiger partial charge is 0.305 e. The molecule has 62 heavy (non-hydrogen) atoms. The van der Waals surface area contributed by atoms with Gasteiger partial charge in [0.05, 0.1) is 0 Å². The summed E-state index contributed by atoms with van der Waals surface area (Å²) in [6.07, 6.45) is 1.79. The van der Waals surface area contributed by atoms with Crippen LogP contribution in [0.2, 0.25) is 11.5 Å². The fraction of sp³-hybridized carbons (Fsp3) is 0.143. The van der Waals surface area contributed by atoms with E-state index in [1.54, 1.807) is 6.20 Å². The van der Waals surface area contributed by atoms with E-state index >= 15 is 0 Å². The number of rotatable bonds is 8. The second-order valence-electron chi connectivity index (χ2n) is 16.8. The molecule has 0 aliphatic rings. The Morgan fingerprint density at radius 2 is 1.26 bits per heavy atom. The molecule has 0 saturated heterocycles. The van der Waals surface area contributed by atoms with E-state index in [2.05, 4.69) is 170 Å². The molecule has 0 atom stereocenters. The van der Waals surface area contributed by atoms with Gasteiger partial charge in [-0.05, 0) is 17.8 Å². The second-order valence-corrected chi connectivity index (χ2v) is 26.1. The van der Waals surface area contributed by atoms with Gasteiger partial charge in [0.25, 0.3) is 0 Å². The van der Waals surface area contributed by atoms with Crippen LogP contribution in [0.1, 0.15) is 50.7 Å². The van der Waals surface area contributed by atoms with Gasteiger partial charge in [-0.15, -0.1) is 48.0 Å². The number of nitrogens with zero attached hydrogens (tertiary/aromatic N) is 3. The Labute approximate surface area is 381 Å². The van der Waals surface area contributed by atoms with Crippen molar-refractivity contribution in [2.45, 2.75) is 51.0 Å². The standard InChI is InChI=1S/C45H41GeN2O.C11H8N.Ir/c1-29(2)38-27-32(31-23-25-34(26-24-31)46(5,6)33-15-8-7-9-16-33)28-39(30(3)4)43(38)48-41-21-12-11-20-40(41)47-45(48)37-19-14-18-36-35-17-10-13-22-42(35)49-44(36)37;1-2-6-10(7-3-1)11-8-4-5-9-12-11;/h7-18,20-30H,1-6H3;1-6,8-9H;/q2*-1;. The molecule has 1 radical (unpaired) electrons. The fourth-order valence-electron chi connectivity index (χ4n) is 8.44. The van der Waals surface area contributed by atoms with Crippen LogP contribution in [0.3, 0.4) is 0 Å². The van der Waals surface area contributed by atoms with E-state index in [4.69, 9.17) is 9.40 Å². The molecule has 0 amide bonds. The molecule has 0 spiro atoms. The zero-order valence-corrected chi connectivity index (χ0v) is 40.5. The van der Waals surface area contributed by atoms with E-state index < -0.39 is 13.3 Å². The predicted octanol–water partition coefficient (Wildman–Crippen LogP) is 13.7. The Kier molecular flexibility index (Phi) is 12.6. The van der Waals surface area contributed by atoms with Gasteiger partial charge in [0.2, 0.25) is 0 Å². The third-order valence-corrected chi connectivity index (χ3v) is 19.3. The van der Waals surface area contributed by atoms with E-state index in [0.29, 0.717) is 0 Å². The second kappa shape index (κ2) is 18.2. The maximum absolute atomic E-state index is 6.54. The van der Waals surface area contributed by atoms with Crippen LogP contribution in [0.4, 0.5) is 0 Å². The maximum Gasteiger partial charge on any atom is 0.0160 e. The summed E-state index contributed by atoms with van der Waals surface area (Å²) < 4.78 is 11.9. The van der Waals surface area contributed by atoms with Crippen molar-refractivity contribution in [1.29, 1.82) is 0 Å². The molecule has 6 heteroatoms. The summed E-state index contributed by atoms with van der Waals surface area (Å²) in [7, 11) is 0. The number of para-hydroxylation sites is 3. The first kappa shape index (κ1) is 42.8.